The smallest absolute Gasteiger partial charge is 0.0146 e. The van der Waals surface area contributed by atoms with E-state index in [4.69, 9.17) is 0 Å². The van der Waals surface area contributed by atoms with E-state index >= 15 is 0 Å². The van der Waals surface area contributed by atoms with Gasteiger partial charge in [-0.1, -0.05) is 54.6 Å². The fourth-order valence-corrected chi connectivity index (χ4v) is 4.26. The molecular formula is C21H26N2. The molecule has 0 saturated carbocycles. The molecule has 0 N–H and O–H groups in total. The summed E-state index contributed by atoms with van der Waals surface area (Å²) in [5, 5.41) is 0. The maximum atomic E-state index is 2.73. The zero-order chi connectivity index (χ0) is 15.6. The zero-order valence-electron chi connectivity index (χ0n) is 14.0. The van der Waals surface area contributed by atoms with Gasteiger partial charge in [0.1, 0.15) is 0 Å². The molecule has 1 saturated heterocycles. The Morgan fingerprint density at radius 1 is 0.826 bits per heavy atom. The van der Waals surface area contributed by atoms with Gasteiger partial charge < -0.3 is 4.90 Å². The van der Waals surface area contributed by atoms with E-state index in [1.165, 1.54) is 44.6 Å². The number of hydrogen-bond acceptors (Lipinski definition) is 2. The van der Waals surface area contributed by atoms with Crippen LogP contribution in [0.2, 0.25) is 0 Å². The summed E-state index contributed by atoms with van der Waals surface area (Å²) in [5.41, 5.74) is 4.57. The van der Waals surface area contributed by atoms with E-state index in [1.54, 1.807) is 11.1 Å². The molecule has 2 aromatic rings. The molecule has 0 radical (unpaired) electrons. The summed E-state index contributed by atoms with van der Waals surface area (Å²) < 4.78 is 0. The summed E-state index contributed by atoms with van der Waals surface area (Å²) in [7, 11) is 2.24. The molecule has 1 fully saturated rings. The molecule has 2 aliphatic rings. The first-order chi connectivity index (χ1) is 11.3. The molecule has 0 amide bonds. The molecule has 0 aromatic heterocycles. The van der Waals surface area contributed by atoms with Crippen molar-refractivity contribution in [3.8, 4) is 0 Å². The summed E-state index contributed by atoms with van der Waals surface area (Å²) in [5.74, 6) is 0.547. The lowest BCUT2D eigenvalue weighted by molar-refractivity contribution is 0.101. The lowest BCUT2D eigenvalue weighted by Crippen LogP contribution is -2.51. The Labute approximate surface area is 139 Å². The van der Waals surface area contributed by atoms with Crippen LogP contribution in [0.4, 0.5) is 0 Å². The van der Waals surface area contributed by atoms with Crippen LogP contribution in [0, 0.1) is 0 Å². The third kappa shape index (κ3) is 3.06. The van der Waals surface area contributed by atoms with Gasteiger partial charge in [0.25, 0.3) is 0 Å². The van der Waals surface area contributed by atoms with Crippen LogP contribution in [0.3, 0.4) is 0 Å². The first-order valence-electron chi connectivity index (χ1n) is 8.86. The Kier molecular flexibility index (Phi) is 4.19. The van der Waals surface area contributed by atoms with Crippen LogP contribution in [0.1, 0.15) is 29.0 Å². The van der Waals surface area contributed by atoms with Crippen LogP contribution in [0.15, 0.2) is 54.6 Å². The average molecular weight is 306 g/mol. The van der Waals surface area contributed by atoms with Crippen LogP contribution in [0.5, 0.6) is 0 Å². The summed E-state index contributed by atoms with van der Waals surface area (Å²) in [6.45, 7) is 4.83. The molecular weight excluding hydrogens is 280 g/mol. The first-order valence-corrected chi connectivity index (χ1v) is 8.86. The number of hydrogen-bond donors (Lipinski definition) is 0. The minimum absolute atomic E-state index is 0.547. The number of piperazine rings is 1. The second kappa shape index (κ2) is 6.46. The molecule has 0 unspecified atom stereocenters. The van der Waals surface area contributed by atoms with E-state index in [2.05, 4.69) is 71.4 Å². The SMILES string of the molecule is CN1CCN([C@@H]2Cc3ccccc3[C@@H](c3ccccc3)C2)CC1. The Morgan fingerprint density at radius 3 is 2.30 bits per heavy atom. The van der Waals surface area contributed by atoms with Gasteiger partial charge in [0.2, 0.25) is 0 Å². The van der Waals surface area contributed by atoms with Gasteiger partial charge >= 0.3 is 0 Å². The monoisotopic (exact) mass is 306 g/mol. The number of benzene rings is 2. The fourth-order valence-electron chi connectivity index (χ4n) is 4.26. The van der Waals surface area contributed by atoms with Crippen molar-refractivity contribution < 1.29 is 0 Å². The molecule has 120 valence electrons. The Morgan fingerprint density at radius 2 is 1.52 bits per heavy atom. The molecule has 1 aliphatic heterocycles. The van der Waals surface area contributed by atoms with Crippen molar-refractivity contribution in [2.24, 2.45) is 0 Å². The topological polar surface area (TPSA) is 6.48 Å². The molecule has 4 rings (SSSR count). The third-order valence-corrected chi connectivity index (χ3v) is 5.65. The van der Waals surface area contributed by atoms with Crippen molar-refractivity contribution >= 4 is 0 Å². The molecule has 2 atom stereocenters. The van der Waals surface area contributed by atoms with E-state index in [-0.39, 0.29) is 0 Å². The molecule has 1 aliphatic carbocycles. The van der Waals surface area contributed by atoms with Crippen LogP contribution in [-0.2, 0) is 6.42 Å². The standard InChI is InChI=1S/C21H26N2/c1-22-11-13-23(14-12-22)19-15-18-9-5-6-10-20(18)21(16-19)17-7-3-2-4-8-17/h2-10,19,21H,11-16H2,1H3/t19-,21-/m1/s1. The molecule has 0 spiro atoms. The zero-order valence-corrected chi connectivity index (χ0v) is 14.0. The Balaban J connectivity index is 1.63. The van der Waals surface area contributed by atoms with Gasteiger partial charge in [-0.05, 0) is 36.6 Å². The van der Waals surface area contributed by atoms with Gasteiger partial charge in [-0.3, -0.25) is 4.90 Å². The number of fused-ring (bicyclic) bond motifs is 1. The van der Waals surface area contributed by atoms with Gasteiger partial charge in [-0.2, -0.15) is 0 Å². The Hall–Kier alpha value is -1.64. The van der Waals surface area contributed by atoms with E-state index in [1.807, 2.05) is 0 Å². The van der Waals surface area contributed by atoms with Gasteiger partial charge in [0.15, 0.2) is 0 Å². The fraction of sp³-hybridized carbons (Fsp3) is 0.429. The van der Waals surface area contributed by atoms with Gasteiger partial charge in [0.05, 0.1) is 0 Å². The first kappa shape index (κ1) is 14.9. The van der Waals surface area contributed by atoms with Crippen molar-refractivity contribution in [1.82, 2.24) is 9.80 Å². The number of nitrogens with zero attached hydrogens (tertiary/aromatic N) is 2. The summed E-state index contributed by atoms with van der Waals surface area (Å²) in [6.07, 6.45) is 2.47. The highest BCUT2D eigenvalue weighted by molar-refractivity contribution is 5.41. The maximum absolute atomic E-state index is 2.73. The number of likely N-dealkylation sites (N-methyl/N-ethyl adjacent to an activating group) is 1. The lowest BCUT2D eigenvalue weighted by Gasteiger charge is -2.42. The second-order valence-corrected chi connectivity index (χ2v) is 7.09. The number of rotatable bonds is 2. The van der Waals surface area contributed by atoms with E-state index in [0.717, 1.165) is 0 Å². The third-order valence-electron chi connectivity index (χ3n) is 5.65. The molecule has 2 nitrogen and oxygen atoms in total. The van der Waals surface area contributed by atoms with Crippen LogP contribution >= 0.6 is 0 Å². The van der Waals surface area contributed by atoms with Crippen LogP contribution in [0.25, 0.3) is 0 Å². The largest absolute Gasteiger partial charge is 0.304 e. The van der Waals surface area contributed by atoms with Crippen molar-refractivity contribution in [2.45, 2.75) is 24.8 Å². The second-order valence-electron chi connectivity index (χ2n) is 7.09. The highest BCUT2D eigenvalue weighted by Crippen LogP contribution is 2.38. The van der Waals surface area contributed by atoms with E-state index in [9.17, 15) is 0 Å². The highest BCUT2D eigenvalue weighted by atomic mass is 15.3. The quantitative estimate of drug-likeness (QED) is 0.839. The predicted octanol–water partition coefficient (Wildman–Crippen LogP) is 3.38. The van der Waals surface area contributed by atoms with Gasteiger partial charge in [-0.15, -0.1) is 0 Å². The Bertz CT molecular complexity index is 644. The molecule has 1 heterocycles. The maximum Gasteiger partial charge on any atom is 0.0146 e. The summed E-state index contributed by atoms with van der Waals surface area (Å²) in [6, 6.07) is 20.8. The molecule has 2 aromatic carbocycles. The molecule has 0 bridgehead atoms. The van der Waals surface area contributed by atoms with E-state index < -0.39 is 0 Å². The summed E-state index contributed by atoms with van der Waals surface area (Å²) >= 11 is 0. The highest BCUT2D eigenvalue weighted by Gasteiger charge is 2.32. The van der Waals surface area contributed by atoms with E-state index in [0.29, 0.717) is 12.0 Å². The van der Waals surface area contributed by atoms with Crippen LogP contribution in [-0.4, -0.2) is 49.1 Å². The van der Waals surface area contributed by atoms with Gasteiger partial charge in [-0.25, -0.2) is 0 Å². The minimum Gasteiger partial charge on any atom is -0.304 e. The predicted molar refractivity (Wildman–Crippen MR) is 95.9 cm³/mol. The normalized spacial score (nSPS) is 26.0. The van der Waals surface area contributed by atoms with Crippen molar-refractivity contribution in [3.05, 3.63) is 71.3 Å². The molecule has 23 heavy (non-hydrogen) atoms. The minimum atomic E-state index is 0.547. The lowest BCUT2D eigenvalue weighted by atomic mass is 9.76. The van der Waals surface area contributed by atoms with Crippen molar-refractivity contribution in [2.75, 3.05) is 33.2 Å². The van der Waals surface area contributed by atoms with Crippen LogP contribution < -0.4 is 0 Å². The molecule has 2 heteroatoms. The van der Waals surface area contributed by atoms with Crippen molar-refractivity contribution in [3.63, 3.8) is 0 Å². The summed E-state index contributed by atoms with van der Waals surface area (Å²) in [4.78, 5) is 5.17. The average Bonchev–Trinajstić information content (AvgIpc) is 2.62. The van der Waals surface area contributed by atoms with Crippen molar-refractivity contribution in [1.29, 1.82) is 0 Å². The van der Waals surface area contributed by atoms with Gasteiger partial charge in [0, 0.05) is 38.1 Å².